The Labute approximate surface area is 251 Å². The summed E-state index contributed by atoms with van der Waals surface area (Å²) in [5.74, 6) is 0. The molecule has 0 aliphatic rings. The van der Waals surface area contributed by atoms with E-state index in [4.69, 9.17) is 0 Å². The summed E-state index contributed by atoms with van der Waals surface area (Å²) in [6.07, 6.45) is 0. The summed E-state index contributed by atoms with van der Waals surface area (Å²) in [5.41, 5.74) is 10.8. The number of para-hydroxylation sites is 2. The van der Waals surface area contributed by atoms with Crippen LogP contribution in [-0.2, 0) is 7.05 Å². The van der Waals surface area contributed by atoms with Crippen LogP contribution in [0, 0.1) is 0 Å². The van der Waals surface area contributed by atoms with Crippen LogP contribution in [0.5, 0.6) is 0 Å². The lowest BCUT2D eigenvalue weighted by Gasteiger charge is -2.25. The number of benzene rings is 7. The molecule has 8 aromatic rings. The van der Waals surface area contributed by atoms with Crippen molar-refractivity contribution in [3.8, 4) is 22.3 Å². The highest BCUT2D eigenvalue weighted by atomic mass is 15.1. The van der Waals surface area contributed by atoms with Gasteiger partial charge < -0.3 is 9.47 Å². The van der Waals surface area contributed by atoms with Crippen molar-refractivity contribution in [1.29, 1.82) is 0 Å². The molecule has 0 aliphatic heterocycles. The summed E-state index contributed by atoms with van der Waals surface area (Å²) in [7, 11) is 2.17. The van der Waals surface area contributed by atoms with Crippen molar-refractivity contribution < 1.29 is 0 Å². The first kappa shape index (κ1) is 25.1. The summed E-state index contributed by atoms with van der Waals surface area (Å²) >= 11 is 0. The highest BCUT2D eigenvalue weighted by Crippen LogP contribution is 2.38. The molecule has 0 saturated heterocycles. The second kappa shape index (κ2) is 10.3. The van der Waals surface area contributed by atoms with Crippen LogP contribution < -0.4 is 4.90 Å². The molecular weight excluding hydrogens is 520 g/mol. The Morgan fingerprint density at radius 2 is 0.907 bits per heavy atom. The average molecular weight is 551 g/mol. The first-order chi connectivity index (χ1) is 21.2. The topological polar surface area (TPSA) is 8.17 Å². The number of nitrogens with zero attached hydrogens (tertiary/aromatic N) is 2. The zero-order valence-electron chi connectivity index (χ0n) is 24.0. The van der Waals surface area contributed by atoms with Crippen LogP contribution in [0.15, 0.2) is 164 Å². The first-order valence-corrected chi connectivity index (χ1v) is 14.8. The third kappa shape index (κ3) is 4.36. The van der Waals surface area contributed by atoms with E-state index < -0.39 is 0 Å². The number of hydrogen-bond donors (Lipinski definition) is 0. The molecule has 0 radical (unpaired) electrons. The van der Waals surface area contributed by atoms with E-state index in [2.05, 4.69) is 180 Å². The number of anilines is 3. The SMILES string of the molecule is Cn1c2cc(-c3ccc(-c4ccc(N(c5ccccc5)c5ccccc5)cc4)cc3)ccc2c2c3ccccc3ccc21. The Morgan fingerprint density at radius 1 is 0.395 bits per heavy atom. The highest BCUT2D eigenvalue weighted by Gasteiger charge is 2.14. The third-order valence-electron chi connectivity index (χ3n) is 8.60. The van der Waals surface area contributed by atoms with Gasteiger partial charge in [0.2, 0.25) is 0 Å². The van der Waals surface area contributed by atoms with Crippen molar-refractivity contribution in [3.63, 3.8) is 0 Å². The molecule has 0 saturated carbocycles. The van der Waals surface area contributed by atoms with Gasteiger partial charge in [0, 0.05) is 45.9 Å². The van der Waals surface area contributed by atoms with Gasteiger partial charge in [-0.25, -0.2) is 0 Å². The minimum Gasteiger partial charge on any atom is -0.344 e. The number of aromatic nitrogens is 1. The average Bonchev–Trinajstić information content (AvgIpc) is 3.37. The van der Waals surface area contributed by atoms with Crippen LogP contribution in [0.25, 0.3) is 54.8 Å². The van der Waals surface area contributed by atoms with Crippen LogP contribution >= 0.6 is 0 Å². The number of rotatable bonds is 5. The maximum Gasteiger partial charge on any atom is 0.0495 e. The number of fused-ring (bicyclic) bond motifs is 5. The van der Waals surface area contributed by atoms with E-state index in [1.165, 1.54) is 54.8 Å². The molecule has 0 atom stereocenters. The highest BCUT2D eigenvalue weighted by molar-refractivity contribution is 6.21. The molecule has 0 unspecified atom stereocenters. The molecule has 0 aliphatic carbocycles. The third-order valence-corrected chi connectivity index (χ3v) is 8.60. The fourth-order valence-corrected chi connectivity index (χ4v) is 6.41. The number of hydrogen-bond acceptors (Lipinski definition) is 1. The Hall–Kier alpha value is -5.60. The summed E-state index contributed by atoms with van der Waals surface area (Å²) in [4.78, 5) is 2.29. The number of aryl methyl sites for hydroxylation is 1. The van der Waals surface area contributed by atoms with Crippen molar-refractivity contribution in [2.75, 3.05) is 4.90 Å². The van der Waals surface area contributed by atoms with Gasteiger partial charge in [0.15, 0.2) is 0 Å². The van der Waals surface area contributed by atoms with E-state index in [-0.39, 0.29) is 0 Å². The fourth-order valence-electron chi connectivity index (χ4n) is 6.41. The molecule has 8 rings (SSSR count). The normalized spacial score (nSPS) is 11.4. The van der Waals surface area contributed by atoms with E-state index in [0.717, 1.165) is 17.1 Å². The molecule has 1 heterocycles. The molecule has 0 fully saturated rings. The quantitative estimate of drug-likeness (QED) is 0.207. The molecule has 43 heavy (non-hydrogen) atoms. The van der Waals surface area contributed by atoms with E-state index in [9.17, 15) is 0 Å². The maximum atomic E-state index is 2.33. The molecule has 0 spiro atoms. The molecular formula is C41H30N2. The second-order valence-corrected chi connectivity index (χ2v) is 11.1. The van der Waals surface area contributed by atoms with Gasteiger partial charge in [-0.3, -0.25) is 0 Å². The molecule has 1 aromatic heterocycles. The van der Waals surface area contributed by atoms with Crippen molar-refractivity contribution in [2.24, 2.45) is 7.05 Å². The van der Waals surface area contributed by atoms with Crippen LogP contribution in [0.2, 0.25) is 0 Å². The van der Waals surface area contributed by atoms with Gasteiger partial charge >= 0.3 is 0 Å². The van der Waals surface area contributed by atoms with Crippen LogP contribution in [0.3, 0.4) is 0 Å². The van der Waals surface area contributed by atoms with Gasteiger partial charge in [-0.2, -0.15) is 0 Å². The van der Waals surface area contributed by atoms with Gasteiger partial charge in [0.25, 0.3) is 0 Å². The van der Waals surface area contributed by atoms with Crippen molar-refractivity contribution in [1.82, 2.24) is 4.57 Å². The Bertz CT molecular complexity index is 2170. The molecule has 2 heteroatoms. The minimum absolute atomic E-state index is 1.13. The fraction of sp³-hybridized carbons (Fsp3) is 0.0244. The molecule has 2 nitrogen and oxygen atoms in total. The largest absolute Gasteiger partial charge is 0.344 e. The van der Waals surface area contributed by atoms with Crippen molar-refractivity contribution >= 4 is 49.6 Å². The summed E-state index contributed by atoms with van der Waals surface area (Å²) in [6, 6.07) is 58.9. The maximum absolute atomic E-state index is 2.33. The lowest BCUT2D eigenvalue weighted by Crippen LogP contribution is -2.09. The second-order valence-electron chi connectivity index (χ2n) is 11.1. The molecule has 0 N–H and O–H groups in total. The van der Waals surface area contributed by atoms with E-state index in [1.807, 2.05) is 0 Å². The molecule has 0 amide bonds. The van der Waals surface area contributed by atoms with Gasteiger partial charge in [-0.15, -0.1) is 0 Å². The summed E-state index contributed by atoms with van der Waals surface area (Å²) < 4.78 is 2.32. The smallest absolute Gasteiger partial charge is 0.0495 e. The van der Waals surface area contributed by atoms with Crippen LogP contribution in [-0.4, -0.2) is 4.57 Å². The molecule has 204 valence electrons. The Morgan fingerprint density at radius 3 is 1.56 bits per heavy atom. The van der Waals surface area contributed by atoms with Crippen molar-refractivity contribution in [3.05, 3.63) is 164 Å². The zero-order valence-corrected chi connectivity index (χ0v) is 24.0. The predicted molar refractivity (Wildman–Crippen MR) is 183 cm³/mol. The molecule has 0 bridgehead atoms. The standard InChI is InChI=1S/C41H30N2/c1-42-39-27-23-32-10-8-9-15-37(32)41(39)38-26-22-33(28-40(38)42)31-18-16-29(17-19-31)30-20-24-36(25-21-30)43(34-11-4-2-5-12-34)35-13-6-3-7-14-35/h2-28H,1H3. The van der Waals surface area contributed by atoms with Gasteiger partial charge in [-0.05, 0) is 81.6 Å². The zero-order chi connectivity index (χ0) is 28.8. The van der Waals surface area contributed by atoms with Gasteiger partial charge in [0.1, 0.15) is 0 Å². The lowest BCUT2D eigenvalue weighted by atomic mass is 9.98. The van der Waals surface area contributed by atoms with Crippen LogP contribution in [0.4, 0.5) is 17.1 Å². The van der Waals surface area contributed by atoms with E-state index in [0.29, 0.717) is 0 Å². The van der Waals surface area contributed by atoms with Crippen molar-refractivity contribution in [2.45, 2.75) is 0 Å². The van der Waals surface area contributed by atoms with Gasteiger partial charge in [0.05, 0.1) is 0 Å². The monoisotopic (exact) mass is 550 g/mol. The summed E-state index contributed by atoms with van der Waals surface area (Å²) in [5, 5.41) is 5.22. The lowest BCUT2D eigenvalue weighted by molar-refractivity contribution is 1.01. The van der Waals surface area contributed by atoms with Crippen LogP contribution in [0.1, 0.15) is 0 Å². The Balaban J connectivity index is 1.12. The van der Waals surface area contributed by atoms with Gasteiger partial charge in [-0.1, -0.05) is 115 Å². The minimum atomic E-state index is 1.13. The molecule has 7 aromatic carbocycles. The summed E-state index contributed by atoms with van der Waals surface area (Å²) in [6.45, 7) is 0. The predicted octanol–water partition coefficient (Wildman–Crippen LogP) is 11.3. The van der Waals surface area contributed by atoms with E-state index in [1.54, 1.807) is 0 Å². The Kier molecular flexibility index (Phi) is 6.05. The van der Waals surface area contributed by atoms with E-state index >= 15 is 0 Å². The first-order valence-electron chi connectivity index (χ1n) is 14.8.